The molecule has 1 heterocycles. The number of hydrogen-bond acceptors (Lipinski definition) is 6. The molecule has 0 spiro atoms. The summed E-state index contributed by atoms with van der Waals surface area (Å²) in [6.45, 7) is 0.120. The number of esters is 1. The van der Waals surface area contributed by atoms with Crippen LogP contribution < -0.4 is 10.1 Å². The summed E-state index contributed by atoms with van der Waals surface area (Å²) in [7, 11) is 1.60. The lowest BCUT2D eigenvalue weighted by Gasteiger charge is -2.37. The zero-order valence-electron chi connectivity index (χ0n) is 31.0. The van der Waals surface area contributed by atoms with Crippen LogP contribution in [0, 0.1) is 0 Å². The topological polar surface area (TPSA) is 91.7 Å². The van der Waals surface area contributed by atoms with E-state index in [0.29, 0.717) is 11.4 Å². The van der Waals surface area contributed by atoms with Gasteiger partial charge in [-0.2, -0.15) is 0 Å². The predicted octanol–water partition coefficient (Wildman–Crippen LogP) is 8.93. The van der Waals surface area contributed by atoms with Crippen LogP contribution in [0.4, 0.5) is 4.79 Å². The van der Waals surface area contributed by atoms with Gasteiger partial charge in [0.2, 0.25) is 0 Å². The van der Waals surface area contributed by atoms with Crippen molar-refractivity contribution < 1.29 is 23.8 Å². The highest BCUT2D eigenvalue weighted by Gasteiger charge is 2.39. The van der Waals surface area contributed by atoms with Gasteiger partial charge in [0.25, 0.3) is 0 Å². The van der Waals surface area contributed by atoms with Crippen molar-refractivity contribution in [2.45, 2.75) is 30.5 Å². The summed E-state index contributed by atoms with van der Waals surface area (Å²) in [5.41, 5.74) is 8.14. The standard InChI is InChI=1S/C48H41N3O5/c1-54-39-27-25-34(26-28-39)31-55-46(52)45(50-47(53)56-32-44-42-23-13-11-21-40(42)41-22-12-14-24-43(41)44)29-38-30-51(33-49-38)48(35-15-5-2-6-16-35,36-17-7-3-8-18-36)37-19-9-4-10-20-37/h2-28,30,33,44-45H,29,31-32H2,1H3,(H,50,53)/t45-/m0/s1. The van der Waals surface area contributed by atoms with Gasteiger partial charge in [-0.1, -0.05) is 152 Å². The van der Waals surface area contributed by atoms with E-state index >= 15 is 0 Å². The molecule has 0 saturated heterocycles. The van der Waals surface area contributed by atoms with E-state index in [2.05, 4.69) is 70.5 Å². The number of rotatable bonds is 13. The number of methoxy groups -OCH3 is 1. The first-order chi connectivity index (χ1) is 27.5. The van der Waals surface area contributed by atoms with Gasteiger partial charge in [-0.3, -0.25) is 0 Å². The minimum absolute atomic E-state index is 0.0132. The van der Waals surface area contributed by atoms with Crippen molar-refractivity contribution in [1.29, 1.82) is 0 Å². The number of alkyl carbamates (subject to hydrolysis) is 1. The van der Waals surface area contributed by atoms with Crippen molar-refractivity contribution in [3.05, 3.63) is 215 Å². The molecule has 8 nitrogen and oxygen atoms in total. The molecule has 1 aliphatic rings. The molecule has 1 amide bonds. The summed E-state index contributed by atoms with van der Waals surface area (Å²) in [4.78, 5) is 32.3. The molecule has 8 rings (SSSR count). The summed E-state index contributed by atoms with van der Waals surface area (Å²) in [6.07, 6.45) is 3.07. The quantitative estimate of drug-likeness (QED) is 0.0939. The molecule has 0 radical (unpaired) electrons. The van der Waals surface area contributed by atoms with Gasteiger partial charge in [0.05, 0.1) is 19.1 Å². The Labute approximate surface area is 326 Å². The normalized spacial score (nSPS) is 12.6. The fourth-order valence-electron chi connectivity index (χ4n) is 7.80. The third-order valence-corrected chi connectivity index (χ3v) is 10.5. The summed E-state index contributed by atoms with van der Waals surface area (Å²) in [6, 6.07) is 53.3. The molecule has 1 aliphatic carbocycles. The van der Waals surface area contributed by atoms with Gasteiger partial charge in [-0.25, -0.2) is 14.6 Å². The van der Waals surface area contributed by atoms with E-state index < -0.39 is 23.6 Å². The Bertz CT molecular complexity index is 2270. The van der Waals surface area contributed by atoms with E-state index in [1.54, 1.807) is 25.6 Å². The van der Waals surface area contributed by atoms with Crippen LogP contribution in [0.5, 0.6) is 5.75 Å². The molecule has 7 aromatic rings. The average Bonchev–Trinajstić information content (AvgIpc) is 3.86. The fraction of sp³-hybridized carbons (Fsp3) is 0.146. The molecule has 1 atom stereocenters. The summed E-state index contributed by atoms with van der Waals surface area (Å²) >= 11 is 0. The van der Waals surface area contributed by atoms with Gasteiger partial charge in [0.1, 0.15) is 30.5 Å². The Morgan fingerprint density at radius 1 is 0.679 bits per heavy atom. The molecule has 278 valence electrons. The molecular formula is C48H41N3O5. The molecule has 0 saturated carbocycles. The second-order valence-electron chi connectivity index (χ2n) is 13.8. The molecule has 0 fully saturated rings. The Kier molecular flexibility index (Phi) is 10.4. The van der Waals surface area contributed by atoms with E-state index in [1.807, 2.05) is 97.2 Å². The van der Waals surface area contributed by atoms with Crippen molar-refractivity contribution >= 4 is 12.1 Å². The summed E-state index contributed by atoms with van der Waals surface area (Å²) in [5.74, 6) is -0.0428. The lowest BCUT2D eigenvalue weighted by Crippen LogP contribution is -2.44. The van der Waals surface area contributed by atoms with Crippen molar-refractivity contribution in [3.63, 3.8) is 0 Å². The molecule has 1 aromatic heterocycles. The number of hydrogen-bond donors (Lipinski definition) is 1. The largest absolute Gasteiger partial charge is 0.497 e. The Hall–Kier alpha value is -6.93. The average molecular weight is 740 g/mol. The summed E-state index contributed by atoms with van der Waals surface area (Å²) in [5, 5.41) is 2.83. The lowest BCUT2D eigenvalue weighted by molar-refractivity contribution is -0.147. The highest BCUT2D eigenvalue weighted by Crippen LogP contribution is 2.45. The number of carbonyl (C=O) groups is 2. The second-order valence-corrected chi connectivity index (χ2v) is 13.8. The van der Waals surface area contributed by atoms with Crippen molar-refractivity contribution in [2.75, 3.05) is 13.7 Å². The molecular weight excluding hydrogens is 699 g/mol. The molecule has 6 aromatic carbocycles. The number of carbonyl (C=O) groups excluding carboxylic acids is 2. The number of nitrogens with one attached hydrogen (secondary N) is 1. The van der Waals surface area contributed by atoms with Crippen LogP contribution in [0.1, 0.15) is 45.0 Å². The predicted molar refractivity (Wildman–Crippen MR) is 215 cm³/mol. The summed E-state index contributed by atoms with van der Waals surface area (Å²) < 4.78 is 19.0. The second kappa shape index (κ2) is 16.2. The molecule has 56 heavy (non-hydrogen) atoms. The zero-order chi connectivity index (χ0) is 38.3. The van der Waals surface area contributed by atoms with E-state index in [-0.39, 0.29) is 25.6 Å². The maximum absolute atomic E-state index is 13.9. The van der Waals surface area contributed by atoms with Gasteiger partial charge < -0.3 is 24.1 Å². The molecule has 0 bridgehead atoms. The minimum Gasteiger partial charge on any atom is -0.497 e. The molecule has 1 N–H and O–H groups in total. The third-order valence-electron chi connectivity index (χ3n) is 10.5. The fourth-order valence-corrected chi connectivity index (χ4v) is 7.80. The van der Waals surface area contributed by atoms with Gasteiger partial charge in [-0.15, -0.1) is 0 Å². The maximum atomic E-state index is 13.9. The molecule has 0 aliphatic heterocycles. The number of ether oxygens (including phenoxy) is 3. The zero-order valence-corrected chi connectivity index (χ0v) is 31.0. The number of aromatic nitrogens is 2. The number of imidazole rings is 1. The van der Waals surface area contributed by atoms with Crippen LogP contribution in [0.15, 0.2) is 176 Å². The van der Waals surface area contributed by atoms with Crippen LogP contribution in [-0.4, -0.2) is 41.4 Å². The maximum Gasteiger partial charge on any atom is 0.407 e. The number of fused-ring (bicyclic) bond motifs is 3. The van der Waals surface area contributed by atoms with Crippen LogP contribution in [0.2, 0.25) is 0 Å². The van der Waals surface area contributed by atoms with E-state index in [1.165, 1.54) is 0 Å². The highest BCUT2D eigenvalue weighted by atomic mass is 16.6. The van der Waals surface area contributed by atoms with Crippen LogP contribution in [0.3, 0.4) is 0 Å². The van der Waals surface area contributed by atoms with Gasteiger partial charge >= 0.3 is 12.1 Å². The van der Waals surface area contributed by atoms with Gasteiger partial charge in [0.15, 0.2) is 0 Å². The number of benzene rings is 6. The Morgan fingerprint density at radius 3 is 1.73 bits per heavy atom. The van der Waals surface area contributed by atoms with Crippen LogP contribution in [0.25, 0.3) is 11.1 Å². The first-order valence-electron chi connectivity index (χ1n) is 18.7. The molecule has 8 heteroatoms. The van der Waals surface area contributed by atoms with E-state index in [9.17, 15) is 9.59 Å². The van der Waals surface area contributed by atoms with E-state index in [4.69, 9.17) is 19.2 Å². The molecule has 0 unspecified atom stereocenters. The van der Waals surface area contributed by atoms with Crippen LogP contribution >= 0.6 is 0 Å². The third kappa shape index (κ3) is 7.17. The number of amides is 1. The van der Waals surface area contributed by atoms with Crippen molar-refractivity contribution in [2.24, 2.45) is 0 Å². The Morgan fingerprint density at radius 2 is 1.20 bits per heavy atom. The number of nitrogens with zero attached hydrogens (tertiary/aromatic N) is 2. The first kappa shape index (κ1) is 36.1. The SMILES string of the molecule is COc1ccc(COC(=O)[C@H](Cc2cn(C(c3ccccc3)(c3ccccc3)c3ccccc3)cn2)NC(=O)OCC2c3ccccc3-c3ccccc32)cc1. The smallest absolute Gasteiger partial charge is 0.407 e. The van der Waals surface area contributed by atoms with E-state index in [0.717, 1.165) is 44.5 Å². The monoisotopic (exact) mass is 739 g/mol. The minimum atomic E-state index is -1.09. The highest BCUT2D eigenvalue weighted by molar-refractivity contribution is 5.82. The van der Waals surface area contributed by atoms with Crippen LogP contribution in [-0.2, 0) is 32.8 Å². The van der Waals surface area contributed by atoms with Crippen molar-refractivity contribution in [1.82, 2.24) is 14.9 Å². The van der Waals surface area contributed by atoms with Crippen molar-refractivity contribution in [3.8, 4) is 16.9 Å². The van der Waals surface area contributed by atoms with Gasteiger partial charge in [-0.05, 0) is 56.6 Å². The Balaban J connectivity index is 1.08. The van der Waals surface area contributed by atoms with Gasteiger partial charge in [0, 0.05) is 18.5 Å². The first-order valence-corrected chi connectivity index (χ1v) is 18.7. The lowest BCUT2D eigenvalue weighted by atomic mass is 9.77.